The molecule has 4 nitrogen and oxygen atoms in total. The highest BCUT2D eigenvalue weighted by atomic mass is 16.1. The fourth-order valence-electron chi connectivity index (χ4n) is 3.30. The number of benzene rings is 1. The maximum absolute atomic E-state index is 12.9. The maximum Gasteiger partial charge on any atom is 0.251 e. The molecule has 1 aromatic carbocycles. The monoisotopic (exact) mass is 331 g/mol. The summed E-state index contributed by atoms with van der Waals surface area (Å²) in [5, 5.41) is 8.63. The number of amides is 1. The van der Waals surface area contributed by atoms with E-state index in [2.05, 4.69) is 39.9 Å². The second-order valence-electron chi connectivity index (χ2n) is 6.53. The molecular weight excluding hydrogens is 310 g/mol. The maximum atomic E-state index is 12.9. The highest BCUT2D eigenvalue weighted by Gasteiger charge is 2.30. The lowest BCUT2D eigenvalue weighted by Gasteiger charge is -2.36. The molecule has 1 saturated heterocycles. The van der Waals surface area contributed by atoms with E-state index in [4.69, 9.17) is 0 Å². The molecule has 2 aromatic rings. The predicted molar refractivity (Wildman–Crippen MR) is 100 cm³/mol. The lowest BCUT2D eigenvalue weighted by molar-refractivity contribution is 0.0922. The van der Waals surface area contributed by atoms with Crippen LogP contribution in [0.2, 0.25) is 0 Å². The van der Waals surface area contributed by atoms with Gasteiger partial charge in [-0.3, -0.25) is 9.78 Å². The Hall–Kier alpha value is -2.72. The van der Waals surface area contributed by atoms with Crippen LogP contribution in [0.3, 0.4) is 0 Å². The Morgan fingerprint density at radius 3 is 2.96 bits per heavy atom. The molecular formula is C21H21N3O. The first-order chi connectivity index (χ1) is 12.3. The average Bonchev–Trinajstić information content (AvgIpc) is 2.88. The first kappa shape index (κ1) is 15.8. The zero-order chi connectivity index (χ0) is 17.1. The molecule has 25 heavy (non-hydrogen) atoms. The number of hydrogen-bond donors (Lipinski definition) is 2. The van der Waals surface area contributed by atoms with E-state index < -0.39 is 0 Å². The first-order valence-electron chi connectivity index (χ1n) is 8.70. The van der Waals surface area contributed by atoms with Crippen LogP contribution in [-0.2, 0) is 0 Å². The van der Waals surface area contributed by atoms with Gasteiger partial charge >= 0.3 is 0 Å². The predicted octanol–water partition coefficient (Wildman–Crippen LogP) is 3.00. The molecule has 4 heteroatoms. The van der Waals surface area contributed by atoms with Crippen LogP contribution in [0, 0.1) is 5.92 Å². The van der Waals surface area contributed by atoms with Gasteiger partial charge in [0, 0.05) is 42.4 Å². The molecule has 2 aliphatic rings. The zero-order valence-electron chi connectivity index (χ0n) is 14.0. The number of carbonyl (C=O) groups is 1. The number of allylic oxidation sites excluding steroid dienone is 4. The van der Waals surface area contributed by atoms with Crippen LogP contribution in [0.4, 0.5) is 0 Å². The minimum atomic E-state index is -0.0258. The molecule has 126 valence electrons. The first-order valence-corrected chi connectivity index (χ1v) is 8.70. The summed E-state index contributed by atoms with van der Waals surface area (Å²) in [4.78, 5) is 17.0. The molecule has 1 aliphatic carbocycles. The second-order valence-corrected chi connectivity index (χ2v) is 6.53. The molecule has 1 fully saturated rings. The number of carbonyl (C=O) groups excluding carboxylic acids is 1. The molecule has 4 rings (SSSR count). The number of hydrogen-bond acceptors (Lipinski definition) is 3. The van der Waals surface area contributed by atoms with Crippen molar-refractivity contribution in [3.63, 3.8) is 0 Å². The van der Waals surface area contributed by atoms with E-state index in [1.807, 2.05) is 36.5 Å². The van der Waals surface area contributed by atoms with Gasteiger partial charge in [-0.25, -0.2) is 0 Å². The SMILES string of the molecule is O=C(NC(C1=CCC=CC=C1)C1CNC1)c1ccc2cnccc2c1. The average molecular weight is 331 g/mol. The smallest absolute Gasteiger partial charge is 0.251 e. The van der Waals surface area contributed by atoms with Gasteiger partial charge in [-0.15, -0.1) is 0 Å². The number of rotatable bonds is 4. The van der Waals surface area contributed by atoms with E-state index in [1.54, 1.807) is 6.20 Å². The molecule has 1 aliphatic heterocycles. The Kier molecular flexibility index (Phi) is 4.44. The lowest BCUT2D eigenvalue weighted by Crippen LogP contribution is -2.55. The lowest BCUT2D eigenvalue weighted by atomic mass is 9.87. The molecule has 0 radical (unpaired) electrons. The van der Waals surface area contributed by atoms with Crippen molar-refractivity contribution in [2.45, 2.75) is 12.5 Å². The van der Waals surface area contributed by atoms with E-state index in [1.165, 1.54) is 5.57 Å². The van der Waals surface area contributed by atoms with Crippen LogP contribution in [-0.4, -0.2) is 30.0 Å². The third-order valence-corrected chi connectivity index (χ3v) is 4.86. The molecule has 0 spiro atoms. The van der Waals surface area contributed by atoms with Crippen LogP contribution in [0.25, 0.3) is 10.8 Å². The summed E-state index contributed by atoms with van der Waals surface area (Å²) in [6.45, 7) is 1.87. The third kappa shape index (κ3) is 3.39. The summed E-state index contributed by atoms with van der Waals surface area (Å²) in [7, 11) is 0. The number of fused-ring (bicyclic) bond motifs is 1. The van der Waals surface area contributed by atoms with Gasteiger partial charge in [0.05, 0.1) is 6.04 Å². The normalized spacial score (nSPS) is 18.3. The van der Waals surface area contributed by atoms with Crippen molar-refractivity contribution in [2.24, 2.45) is 5.92 Å². The van der Waals surface area contributed by atoms with E-state index in [9.17, 15) is 4.79 Å². The van der Waals surface area contributed by atoms with Gasteiger partial charge in [0.15, 0.2) is 0 Å². The molecule has 1 atom stereocenters. The largest absolute Gasteiger partial charge is 0.345 e. The van der Waals surface area contributed by atoms with Crippen LogP contribution < -0.4 is 10.6 Å². The molecule has 1 unspecified atom stereocenters. The van der Waals surface area contributed by atoms with Crippen molar-refractivity contribution < 1.29 is 4.79 Å². The number of nitrogens with one attached hydrogen (secondary N) is 2. The van der Waals surface area contributed by atoms with Crippen molar-refractivity contribution in [2.75, 3.05) is 13.1 Å². The van der Waals surface area contributed by atoms with Crippen molar-refractivity contribution in [3.8, 4) is 0 Å². The molecule has 2 heterocycles. The Morgan fingerprint density at radius 1 is 1.20 bits per heavy atom. The van der Waals surface area contributed by atoms with Crippen molar-refractivity contribution >= 4 is 16.7 Å². The second kappa shape index (κ2) is 7.03. The van der Waals surface area contributed by atoms with Gasteiger partial charge in [-0.05, 0) is 35.6 Å². The van der Waals surface area contributed by atoms with Crippen LogP contribution in [0.15, 0.2) is 72.6 Å². The van der Waals surface area contributed by atoms with Gasteiger partial charge < -0.3 is 10.6 Å². The number of aromatic nitrogens is 1. The van der Waals surface area contributed by atoms with Gasteiger partial charge in [-0.1, -0.05) is 36.4 Å². The van der Waals surface area contributed by atoms with E-state index >= 15 is 0 Å². The van der Waals surface area contributed by atoms with Gasteiger partial charge in [0.2, 0.25) is 0 Å². The van der Waals surface area contributed by atoms with Crippen molar-refractivity contribution in [1.82, 2.24) is 15.6 Å². The summed E-state index contributed by atoms with van der Waals surface area (Å²) < 4.78 is 0. The summed E-state index contributed by atoms with van der Waals surface area (Å²) >= 11 is 0. The zero-order valence-corrected chi connectivity index (χ0v) is 14.0. The summed E-state index contributed by atoms with van der Waals surface area (Å²) in [5.41, 5.74) is 1.88. The number of pyridine rings is 1. The van der Waals surface area contributed by atoms with Crippen LogP contribution in [0.5, 0.6) is 0 Å². The fraction of sp³-hybridized carbons (Fsp3) is 0.238. The molecule has 2 N–H and O–H groups in total. The Balaban J connectivity index is 1.58. The standard InChI is InChI=1S/C21H21N3O/c25-21(17-7-8-18-12-22-10-9-16(18)11-17)24-20(19-13-23-14-19)15-5-3-1-2-4-6-15/h1-3,5-12,19-20,23H,4,13-14H2,(H,24,25). The van der Waals surface area contributed by atoms with E-state index in [-0.39, 0.29) is 11.9 Å². The van der Waals surface area contributed by atoms with Crippen molar-refractivity contribution in [3.05, 3.63) is 78.2 Å². The third-order valence-electron chi connectivity index (χ3n) is 4.86. The quantitative estimate of drug-likeness (QED) is 0.905. The Labute approximate surface area is 147 Å². The summed E-state index contributed by atoms with van der Waals surface area (Å²) in [6.07, 6.45) is 15.0. The topological polar surface area (TPSA) is 54.0 Å². The molecule has 0 bridgehead atoms. The minimum Gasteiger partial charge on any atom is -0.345 e. The fourth-order valence-corrected chi connectivity index (χ4v) is 3.30. The van der Waals surface area contributed by atoms with E-state index in [0.717, 1.165) is 30.3 Å². The van der Waals surface area contributed by atoms with Gasteiger partial charge in [0.25, 0.3) is 5.91 Å². The van der Waals surface area contributed by atoms with Crippen LogP contribution >= 0.6 is 0 Å². The van der Waals surface area contributed by atoms with E-state index in [0.29, 0.717) is 11.5 Å². The number of nitrogens with zero attached hydrogens (tertiary/aromatic N) is 1. The summed E-state index contributed by atoms with van der Waals surface area (Å²) in [6, 6.07) is 7.72. The highest BCUT2D eigenvalue weighted by Crippen LogP contribution is 2.21. The molecule has 1 amide bonds. The van der Waals surface area contributed by atoms with Gasteiger partial charge in [-0.2, -0.15) is 0 Å². The van der Waals surface area contributed by atoms with Crippen molar-refractivity contribution in [1.29, 1.82) is 0 Å². The van der Waals surface area contributed by atoms with Gasteiger partial charge in [0.1, 0.15) is 0 Å². The minimum absolute atomic E-state index is 0.0258. The Bertz CT molecular complexity index is 878. The summed E-state index contributed by atoms with van der Waals surface area (Å²) in [5.74, 6) is 0.407. The highest BCUT2D eigenvalue weighted by molar-refractivity contribution is 5.98. The Morgan fingerprint density at radius 2 is 2.12 bits per heavy atom. The molecule has 1 aromatic heterocycles. The molecule has 0 saturated carbocycles. The van der Waals surface area contributed by atoms with Crippen LogP contribution in [0.1, 0.15) is 16.8 Å².